The summed E-state index contributed by atoms with van der Waals surface area (Å²) in [6.07, 6.45) is 3.48. The number of nitrogens with one attached hydrogen (secondary N) is 1. The molecule has 0 unspecified atom stereocenters. The second kappa shape index (κ2) is 7.93. The Morgan fingerprint density at radius 2 is 2.11 bits per heavy atom. The van der Waals surface area contributed by atoms with Crippen molar-refractivity contribution < 1.29 is 4.79 Å². The standard InChI is InChI=1S/C15H19N3O/c1-3-4-10-17-15(19)13(11-16)12-18(2)14-8-6-5-7-9-14/h5-9,12H,3-4,10H2,1-2H3,(H,17,19)/b13-12-. The lowest BCUT2D eigenvalue weighted by molar-refractivity contribution is -0.117. The lowest BCUT2D eigenvalue weighted by Gasteiger charge is -2.14. The van der Waals surface area contributed by atoms with Gasteiger partial charge in [0.25, 0.3) is 5.91 Å². The Morgan fingerprint density at radius 3 is 2.68 bits per heavy atom. The third-order valence-electron chi connectivity index (χ3n) is 2.67. The summed E-state index contributed by atoms with van der Waals surface area (Å²) < 4.78 is 0. The third kappa shape index (κ3) is 4.84. The second-order valence-corrected chi connectivity index (χ2v) is 4.21. The molecule has 0 aromatic heterocycles. The number of anilines is 1. The Hall–Kier alpha value is -2.28. The van der Waals surface area contributed by atoms with Crippen molar-refractivity contribution in [2.24, 2.45) is 0 Å². The number of carbonyl (C=O) groups is 1. The largest absolute Gasteiger partial charge is 0.351 e. The van der Waals surface area contributed by atoms with E-state index in [-0.39, 0.29) is 11.5 Å². The van der Waals surface area contributed by atoms with Gasteiger partial charge in [-0.1, -0.05) is 31.5 Å². The topological polar surface area (TPSA) is 56.1 Å². The number of carbonyl (C=O) groups excluding carboxylic acids is 1. The van der Waals surface area contributed by atoms with Gasteiger partial charge in [0.2, 0.25) is 0 Å². The molecule has 1 rings (SSSR count). The van der Waals surface area contributed by atoms with Gasteiger partial charge in [0, 0.05) is 25.5 Å². The molecule has 1 aromatic carbocycles. The molecule has 0 fully saturated rings. The number of unbranched alkanes of at least 4 members (excludes halogenated alkanes) is 1. The highest BCUT2D eigenvalue weighted by atomic mass is 16.1. The van der Waals surface area contributed by atoms with Crippen LogP contribution in [0.4, 0.5) is 5.69 Å². The van der Waals surface area contributed by atoms with Crippen LogP contribution in [-0.2, 0) is 4.79 Å². The van der Waals surface area contributed by atoms with Gasteiger partial charge in [0.05, 0.1) is 0 Å². The zero-order chi connectivity index (χ0) is 14.1. The van der Waals surface area contributed by atoms with Crippen molar-refractivity contribution in [2.75, 3.05) is 18.5 Å². The lowest BCUT2D eigenvalue weighted by atomic mass is 10.2. The number of nitriles is 1. The molecule has 1 N–H and O–H groups in total. The fourth-order valence-electron chi connectivity index (χ4n) is 1.54. The molecule has 4 nitrogen and oxygen atoms in total. The van der Waals surface area contributed by atoms with Gasteiger partial charge in [-0.05, 0) is 18.6 Å². The molecule has 4 heteroatoms. The van der Waals surface area contributed by atoms with E-state index in [1.807, 2.05) is 43.4 Å². The van der Waals surface area contributed by atoms with Gasteiger partial charge in [-0.15, -0.1) is 0 Å². The van der Waals surface area contributed by atoms with Gasteiger partial charge in [0.1, 0.15) is 11.6 Å². The number of amides is 1. The van der Waals surface area contributed by atoms with Crippen molar-refractivity contribution in [2.45, 2.75) is 19.8 Å². The van der Waals surface area contributed by atoms with Crippen LogP contribution in [0.15, 0.2) is 42.1 Å². The maximum Gasteiger partial charge on any atom is 0.263 e. The van der Waals surface area contributed by atoms with Crippen LogP contribution < -0.4 is 10.2 Å². The molecule has 0 heterocycles. The minimum atomic E-state index is -0.321. The molecule has 19 heavy (non-hydrogen) atoms. The molecular formula is C15H19N3O. The lowest BCUT2D eigenvalue weighted by Crippen LogP contribution is -2.26. The summed E-state index contributed by atoms with van der Waals surface area (Å²) in [5.41, 5.74) is 1.04. The van der Waals surface area contributed by atoms with E-state index in [2.05, 4.69) is 12.2 Å². The highest BCUT2D eigenvalue weighted by Gasteiger charge is 2.09. The van der Waals surface area contributed by atoms with Crippen molar-refractivity contribution in [3.05, 3.63) is 42.1 Å². The van der Waals surface area contributed by atoms with Crippen LogP contribution in [-0.4, -0.2) is 19.5 Å². The van der Waals surface area contributed by atoms with E-state index in [0.717, 1.165) is 18.5 Å². The summed E-state index contributed by atoms with van der Waals surface area (Å²) in [6.45, 7) is 2.65. The van der Waals surface area contributed by atoms with E-state index in [4.69, 9.17) is 5.26 Å². The van der Waals surface area contributed by atoms with E-state index in [0.29, 0.717) is 6.54 Å². The van der Waals surface area contributed by atoms with Gasteiger partial charge < -0.3 is 10.2 Å². The van der Waals surface area contributed by atoms with Crippen LogP contribution in [0, 0.1) is 11.3 Å². The van der Waals surface area contributed by atoms with Crippen molar-refractivity contribution >= 4 is 11.6 Å². The molecule has 1 aromatic rings. The third-order valence-corrected chi connectivity index (χ3v) is 2.67. The molecule has 100 valence electrons. The van der Waals surface area contributed by atoms with Crippen molar-refractivity contribution in [1.29, 1.82) is 5.26 Å². The Kier molecular flexibility index (Phi) is 6.17. The summed E-state index contributed by atoms with van der Waals surface area (Å²) in [5.74, 6) is -0.321. The average molecular weight is 257 g/mol. The first-order valence-electron chi connectivity index (χ1n) is 6.37. The number of nitrogens with zero attached hydrogens (tertiary/aromatic N) is 2. The second-order valence-electron chi connectivity index (χ2n) is 4.21. The molecule has 0 spiro atoms. The first-order valence-corrected chi connectivity index (χ1v) is 6.37. The highest BCUT2D eigenvalue weighted by molar-refractivity contribution is 5.97. The van der Waals surface area contributed by atoms with E-state index < -0.39 is 0 Å². The predicted octanol–water partition coefficient (Wildman–Crippen LogP) is 2.45. The van der Waals surface area contributed by atoms with Crippen LogP contribution in [0.1, 0.15) is 19.8 Å². The fourth-order valence-corrected chi connectivity index (χ4v) is 1.54. The first-order chi connectivity index (χ1) is 9.19. The molecule has 1 amide bonds. The Balaban J connectivity index is 2.71. The Labute approximate surface area is 114 Å². The zero-order valence-electron chi connectivity index (χ0n) is 11.4. The van der Waals surface area contributed by atoms with E-state index in [1.165, 1.54) is 0 Å². The molecule has 0 saturated carbocycles. The maximum atomic E-state index is 11.8. The maximum absolute atomic E-state index is 11.8. The van der Waals surface area contributed by atoms with Gasteiger partial charge in [-0.25, -0.2) is 0 Å². The zero-order valence-corrected chi connectivity index (χ0v) is 11.4. The summed E-state index contributed by atoms with van der Waals surface area (Å²) >= 11 is 0. The van der Waals surface area contributed by atoms with Gasteiger partial charge in [0.15, 0.2) is 0 Å². The van der Waals surface area contributed by atoms with Gasteiger partial charge in [-0.2, -0.15) is 5.26 Å². The normalized spacial score (nSPS) is 10.7. The molecular weight excluding hydrogens is 238 g/mol. The quantitative estimate of drug-likeness (QED) is 0.484. The molecule has 0 aliphatic heterocycles. The molecule has 0 bridgehead atoms. The van der Waals surface area contributed by atoms with Crippen LogP contribution in [0.25, 0.3) is 0 Å². The number of benzene rings is 1. The summed E-state index contributed by atoms with van der Waals surface area (Å²) in [5, 5.41) is 11.8. The minimum absolute atomic E-state index is 0.113. The SMILES string of the molecule is CCCCNC(=O)/C(C#N)=C\N(C)c1ccccc1. The molecule has 0 aliphatic rings. The van der Waals surface area contributed by atoms with Crippen LogP contribution >= 0.6 is 0 Å². The first kappa shape index (κ1) is 14.8. The summed E-state index contributed by atoms with van der Waals surface area (Å²) in [4.78, 5) is 13.5. The molecule has 0 radical (unpaired) electrons. The smallest absolute Gasteiger partial charge is 0.263 e. The number of para-hydroxylation sites is 1. The van der Waals surface area contributed by atoms with E-state index >= 15 is 0 Å². The van der Waals surface area contributed by atoms with Crippen LogP contribution in [0.2, 0.25) is 0 Å². The predicted molar refractivity (Wildman–Crippen MR) is 76.5 cm³/mol. The molecule has 0 saturated heterocycles. The Morgan fingerprint density at radius 1 is 1.42 bits per heavy atom. The number of rotatable bonds is 6. The van der Waals surface area contributed by atoms with Gasteiger partial charge >= 0.3 is 0 Å². The van der Waals surface area contributed by atoms with Crippen molar-refractivity contribution in [3.63, 3.8) is 0 Å². The average Bonchev–Trinajstić information content (AvgIpc) is 2.45. The highest BCUT2D eigenvalue weighted by Crippen LogP contribution is 2.12. The molecule has 0 aliphatic carbocycles. The molecule has 0 atom stereocenters. The number of hydrogen-bond acceptors (Lipinski definition) is 3. The summed E-state index contributed by atoms with van der Waals surface area (Å²) in [7, 11) is 1.81. The fraction of sp³-hybridized carbons (Fsp3) is 0.333. The van der Waals surface area contributed by atoms with Crippen LogP contribution in [0.5, 0.6) is 0 Å². The minimum Gasteiger partial charge on any atom is -0.351 e. The van der Waals surface area contributed by atoms with E-state index in [1.54, 1.807) is 11.1 Å². The van der Waals surface area contributed by atoms with Gasteiger partial charge in [-0.3, -0.25) is 4.79 Å². The van der Waals surface area contributed by atoms with Crippen molar-refractivity contribution in [1.82, 2.24) is 5.32 Å². The van der Waals surface area contributed by atoms with Crippen LogP contribution in [0.3, 0.4) is 0 Å². The number of hydrogen-bond donors (Lipinski definition) is 1. The van der Waals surface area contributed by atoms with E-state index in [9.17, 15) is 4.79 Å². The Bertz CT molecular complexity index is 474. The van der Waals surface area contributed by atoms with Crippen molar-refractivity contribution in [3.8, 4) is 6.07 Å². The monoisotopic (exact) mass is 257 g/mol. The summed E-state index contributed by atoms with van der Waals surface area (Å²) in [6, 6.07) is 11.5.